The molecule has 0 saturated carbocycles. The van der Waals surface area contributed by atoms with Crippen molar-refractivity contribution in [2.24, 2.45) is 5.92 Å². The minimum absolute atomic E-state index is 0.0136. The van der Waals surface area contributed by atoms with Crippen LogP contribution >= 0.6 is 0 Å². The van der Waals surface area contributed by atoms with E-state index in [2.05, 4.69) is 20.8 Å². The van der Waals surface area contributed by atoms with Crippen LogP contribution in [0.25, 0.3) is 0 Å². The van der Waals surface area contributed by atoms with Crippen molar-refractivity contribution >= 4 is 11.7 Å². The van der Waals surface area contributed by atoms with Gasteiger partial charge in [0.1, 0.15) is 5.75 Å². The van der Waals surface area contributed by atoms with Gasteiger partial charge in [-0.15, -0.1) is 0 Å². The molecule has 1 heterocycles. The highest BCUT2D eigenvalue weighted by Gasteiger charge is 2.43. The zero-order chi connectivity index (χ0) is 24.3. The number of nitrogens with zero attached hydrogens (tertiary/aromatic N) is 1. The van der Waals surface area contributed by atoms with E-state index in [-0.39, 0.29) is 35.7 Å². The van der Waals surface area contributed by atoms with E-state index in [1.165, 1.54) is 0 Å². The van der Waals surface area contributed by atoms with E-state index in [0.29, 0.717) is 6.61 Å². The Balaban J connectivity index is 2.00. The molecule has 1 aliphatic heterocycles. The van der Waals surface area contributed by atoms with Gasteiger partial charge in [0, 0.05) is 13.0 Å². The first-order valence-electron chi connectivity index (χ1n) is 11.6. The summed E-state index contributed by atoms with van der Waals surface area (Å²) in [7, 11) is 0. The fourth-order valence-corrected chi connectivity index (χ4v) is 4.15. The normalized spacial score (nSPS) is 16.6. The van der Waals surface area contributed by atoms with Crippen LogP contribution in [0.1, 0.15) is 70.7 Å². The number of amides is 1. The second-order valence-electron chi connectivity index (χ2n) is 10.1. The molecule has 0 aliphatic carbocycles. The average molecular weight is 450 g/mol. The molecule has 1 atom stereocenters. The van der Waals surface area contributed by atoms with Crippen LogP contribution in [0.15, 0.2) is 59.9 Å². The molecule has 3 rings (SSSR count). The van der Waals surface area contributed by atoms with Gasteiger partial charge in [0.2, 0.25) is 0 Å². The van der Waals surface area contributed by atoms with E-state index < -0.39 is 17.7 Å². The number of ketones is 1. The number of ether oxygens (including phenoxy) is 1. The van der Waals surface area contributed by atoms with E-state index >= 15 is 0 Å². The van der Waals surface area contributed by atoms with Crippen LogP contribution in [-0.4, -0.2) is 28.3 Å². The van der Waals surface area contributed by atoms with Crippen LogP contribution < -0.4 is 4.74 Å². The van der Waals surface area contributed by atoms with Gasteiger partial charge in [-0.25, -0.2) is 0 Å². The molecule has 1 amide bonds. The van der Waals surface area contributed by atoms with Gasteiger partial charge < -0.3 is 14.7 Å². The van der Waals surface area contributed by atoms with Crippen LogP contribution in [0.2, 0.25) is 0 Å². The summed E-state index contributed by atoms with van der Waals surface area (Å²) >= 11 is 0. The SMILES string of the molecule is CCOc1ccc(CN2C(=O)C(O)=C(C(=O)CC(C)C)C2c2ccc(C(C)(C)C)cc2)cc1. The highest BCUT2D eigenvalue weighted by Crippen LogP contribution is 2.40. The number of rotatable bonds is 8. The Bertz CT molecular complexity index is 1030. The lowest BCUT2D eigenvalue weighted by molar-refractivity contribution is -0.130. The lowest BCUT2D eigenvalue weighted by Gasteiger charge is -2.28. The van der Waals surface area contributed by atoms with Crippen LogP contribution in [0.5, 0.6) is 5.75 Å². The lowest BCUT2D eigenvalue weighted by Crippen LogP contribution is -2.31. The van der Waals surface area contributed by atoms with Crippen molar-refractivity contribution in [1.29, 1.82) is 0 Å². The first kappa shape index (κ1) is 24.6. The van der Waals surface area contributed by atoms with Crippen molar-refractivity contribution in [3.63, 3.8) is 0 Å². The zero-order valence-corrected chi connectivity index (χ0v) is 20.5. The summed E-state index contributed by atoms with van der Waals surface area (Å²) in [5.74, 6) is -0.249. The average Bonchev–Trinajstić information content (AvgIpc) is 2.99. The Morgan fingerprint density at radius 2 is 1.67 bits per heavy atom. The van der Waals surface area contributed by atoms with Crippen molar-refractivity contribution < 1.29 is 19.4 Å². The molecule has 0 radical (unpaired) electrons. The lowest BCUT2D eigenvalue weighted by atomic mass is 9.85. The van der Waals surface area contributed by atoms with Gasteiger partial charge in [-0.1, -0.05) is 71.0 Å². The largest absolute Gasteiger partial charge is 0.503 e. The molecule has 1 N–H and O–H groups in total. The van der Waals surface area contributed by atoms with Gasteiger partial charge in [0.05, 0.1) is 18.2 Å². The summed E-state index contributed by atoms with van der Waals surface area (Å²) in [5.41, 5.74) is 3.06. The molecule has 0 bridgehead atoms. The fourth-order valence-electron chi connectivity index (χ4n) is 4.15. The number of Topliss-reactive ketones (excluding diaryl/α,β-unsaturated/α-hetero) is 1. The topological polar surface area (TPSA) is 66.8 Å². The molecule has 33 heavy (non-hydrogen) atoms. The summed E-state index contributed by atoms with van der Waals surface area (Å²) < 4.78 is 5.51. The second kappa shape index (κ2) is 9.82. The van der Waals surface area contributed by atoms with E-state index in [1.807, 2.05) is 69.3 Å². The molecule has 2 aromatic carbocycles. The summed E-state index contributed by atoms with van der Waals surface area (Å²) in [5, 5.41) is 10.8. The maximum atomic E-state index is 13.1. The minimum atomic E-state index is -0.621. The highest BCUT2D eigenvalue weighted by atomic mass is 16.5. The maximum Gasteiger partial charge on any atom is 0.290 e. The Morgan fingerprint density at radius 1 is 1.06 bits per heavy atom. The Morgan fingerprint density at radius 3 is 2.18 bits per heavy atom. The van der Waals surface area contributed by atoms with Crippen molar-refractivity contribution in [2.75, 3.05) is 6.61 Å². The second-order valence-corrected chi connectivity index (χ2v) is 10.1. The third-order valence-corrected chi connectivity index (χ3v) is 5.88. The maximum absolute atomic E-state index is 13.1. The monoisotopic (exact) mass is 449 g/mol. The smallest absolute Gasteiger partial charge is 0.290 e. The summed E-state index contributed by atoms with van der Waals surface area (Å²) in [4.78, 5) is 27.8. The van der Waals surface area contributed by atoms with Gasteiger partial charge in [-0.3, -0.25) is 9.59 Å². The number of aliphatic hydroxyl groups is 1. The first-order chi connectivity index (χ1) is 15.5. The molecule has 0 aromatic heterocycles. The third-order valence-electron chi connectivity index (χ3n) is 5.88. The molecular formula is C28H35NO4. The Labute approximate surface area is 197 Å². The molecule has 5 heteroatoms. The summed E-state index contributed by atoms with van der Waals surface area (Å²) in [6.07, 6.45) is 0.278. The number of aliphatic hydroxyl groups excluding tert-OH is 1. The van der Waals surface area contributed by atoms with Crippen LogP contribution in [-0.2, 0) is 21.5 Å². The number of hydrogen-bond acceptors (Lipinski definition) is 4. The quantitative estimate of drug-likeness (QED) is 0.545. The molecule has 0 fully saturated rings. The van der Waals surface area contributed by atoms with Crippen molar-refractivity contribution in [3.8, 4) is 5.75 Å². The van der Waals surface area contributed by atoms with Crippen molar-refractivity contribution in [2.45, 2.75) is 66.0 Å². The number of hydrogen-bond donors (Lipinski definition) is 1. The Kier molecular flexibility index (Phi) is 7.31. The standard InChI is InChI=1S/C28H35NO4/c1-7-33-22-14-8-19(9-15-22)17-29-25(20-10-12-21(13-11-20)28(4,5)6)24(26(31)27(29)32)23(30)16-18(2)3/h8-15,18,25,31H,7,16-17H2,1-6H3. The molecule has 1 aliphatic rings. The van der Waals surface area contributed by atoms with Crippen LogP contribution in [0.4, 0.5) is 0 Å². The van der Waals surface area contributed by atoms with E-state index in [9.17, 15) is 14.7 Å². The van der Waals surface area contributed by atoms with Gasteiger partial charge in [0.15, 0.2) is 11.5 Å². The summed E-state index contributed by atoms with van der Waals surface area (Å²) in [6.45, 7) is 13.1. The van der Waals surface area contributed by atoms with Crippen LogP contribution in [0.3, 0.4) is 0 Å². The predicted molar refractivity (Wildman–Crippen MR) is 130 cm³/mol. The van der Waals surface area contributed by atoms with Gasteiger partial charge >= 0.3 is 0 Å². The van der Waals surface area contributed by atoms with Crippen molar-refractivity contribution in [3.05, 3.63) is 76.6 Å². The highest BCUT2D eigenvalue weighted by molar-refractivity contribution is 6.09. The van der Waals surface area contributed by atoms with Crippen molar-refractivity contribution in [1.82, 2.24) is 4.90 Å². The van der Waals surface area contributed by atoms with E-state index in [4.69, 9.17) is 4.74 Å². The first-order valence-corrected chi connectivity index (χ1v) is 11.6. The molecule has 2 aromatic rings. The van der Waals surface area contributed by atoms with Gasteiger partial charge in [-0.05, 0) is 47.1 Å². The number of benzene rings is 2. The third kappa shape index (κ3) is 5.47. The van der Waals surface area contributed by atoms with E-state index in [1.54, 1.807) is 4.90 Å². The fraction of sp³-hybridized carbons (Fsp3) is 0.429. The minimum Gasteiger partial charge on any atom is -0.503 e. The molecule has 0 saturated heterocycles. The Hall–Kier alpha value is -3.08. The van der Waals surface area contributed by atoms with Crippen LogP contribution in [0, 0.1) is 5.92 Å². The molecule has 0 spiro atoms. The molecular weight excluding hydrogens is 414 g/mol. The van der Waals surface area contributed by atoms with Gasteiger partial charge in [0.25, 0.3) is 5.91 Å². The number of carbonyl (C=O) groups excluding carboxylic acids is 2. The summed E-state index contributed by atoms with van der Waals surface area (Å²) in [6, 6.07) is 14.9. The van der Waals surface area contributed by atoms with Gasteiger partial charge in [-0.2, -0.15) is 0 Å². The van der Waals surface area contributed by atoms with E-state index in [0.717, 1.165) is 22.4 Å². The predicted octanol–water partition coefficient (Wildman–Crippen LogP) is 5.89. The molecule has 5 nitrogen and oxygen atoms in total. The number of carbonyl (C=O) groups is 2. The molecule has 176 valence electrons. The molecule has 1 unspecified atom stereocenters. The zero-order valence-electron chi connectivity index (χ0n) is 20.5.